The number of furan rings is 1. The van der Waals surface area contributed by atoms with Gasteiger partial charge in [-0.15, -0.1) is 0 Å². The van der Waals surface area contributed by atoms with Crippen LogP contribution in [-0.4, -0.2) is 24.0 Å². The molecule has 2 aliphatic rings. The summed E-state index contributed by atoms with van der Waals surface area (Å²) in [5.41, 5.74) is 2.30. The molecule has 120 valence electrons. The van der Waals surface area contributed by atoms with Crippen LogP contribution in [0.5, 0.6) is 0 Å². The first-order valence-electron chi connectivity index (χ1n) is 8.49. The molecule has 4 rings (SSSR count). The number of nitrogens with one attached hydrogen (secondary N) is 2. The first-order valence-corrected chi connectivity index (χ1v) is 8.49. The van der Waals surface area contributed by atoms with E-state index in [0.29, 0.717) is 17.8 Å². The summed E-state index contributed by atoms with van der Waals surface area (Å²) in [6, 6.07) is 13.1. The molecule has 0 aliphatic carbocycles. The number of fused-ring (bicyclic) bond motifs is 2. The molecular formula is C19H22N2O2. The molecule has 2 fully saturated rings. The van der Waals surface area contributed by atoms with E-state index < -0.39 is 0 Å². The number of carbonyl (C=O) groups excluding carboxylic acids is 1. The Morgan fingerprint density at radius 2 is 2.04 bits per heavy atom. The van der Waals surface area contributed by atoms with E-state index in [9.17, 15) is 4.79 Å². The van der Waals surface area contributed by atoms with Gasteiger partial charge in [-0.2, -0.15) is 0 Å². The Bertz CT molecular complexity index is 704. The Morgan fingerprint density at radius 1 is 1.22 bits per heavy atom. The zero-order valence-electron chi connectivity index (χ0n) is 13.3. The molecule has 23 heavy (non-hydrogen) atoms. The highest BCUT2D eigenvalue weighted by atomic mass is 16.3. The Morgan fingerprint density at radius 3 is 2.70 bits per heavy atom. The zero-order chi connectivity index (χ0) is 15.8. The van der Waals surface area contributed by atoms with Gasteiger partial charge in [0.15, 0.2) is 5.76 Å². The quantitative estimate of drug-likeness (QED) is 0.912. The maximum atomic E-state index is 12.4. The maximum absolute atomic E-state index is 12.4. The fraction of sp³-hybridized carbons (Fsp3) is 0.421. The molecule has 2 aliphatic heterocycles. The topological polar surface area (TPSA) is 54.3 Å². The predicted octanol–water partition coefficient (Wildman–Crippen LogP) is 3.13. The highest BCUT2D eigenvalue weighted by molar-refractivity contribution is 5.92. The fourth-order valence-electron chi connectivity index (χ4n) is 3.74. The van der Waals surface area contributed by atoms with Crippen LogP contribution in [0.1, 0.15) is 42.3 Å². The Hall–Kier alpha value is -2.07. The van der Waals surface area contributed by atoms with Crippen LogP contribution >= 0.6 is 0 Å². The number of benzene rings is 1. The van der Waals surface area contributed by atoms with Crippen LogP contribution in [0.3, 0.4) is 0 Å². The number of amides is 1. The van der Waals surface area contributed by atoms with Gasteiger partial charge in [0.2, 0.25) is 0 Å². The van der Waals surface area contributed by atoms with Crippen LogP contribution in [-0.2, 0) is 6.42 Å². The smallest absolute Gasteiger partial charge is 0.287 e. The number of carbonyl (C=O) groups is 1. The minimum Gasteiger partial charge on any atom is -0.451 e. The van der Waals surface area contributed by atoms with Crippen molar-refractivity contribution in [1.82, 2.24) is 10.6 Å². The molecule has 4 nitrogen and oxygen atoms in total. The summed E-state index contributed by atoms with van der Waals surface area (Å²) in [6.07, 6.45) is 4.44. The third-order valence-corrected chi connectivity index (χ3v) is 5.09. The van der Waals surface area contributed by atoms with Gasteiger partial charge in [0, 0.05) is 23.7 Å². The molecule has 3 heterocycles. The number of aryl methyl sites for hydroxylation is 1. The van der Waals surface area contributed by atoms with Crippen molar-refractivity contribution in [3.05, 3.63) is 47.7 Å². The van der Waals surface area contributed by atoms with Crippen LogP contribution in [0.25, 0.3) is 11.3 Å². The summed E-state index contributed by atoms with van der Waals surface area (Å²) in [6.45, 7) is 2.13. The summed E-state index contributed by atoms with van der Waals surface area (Å²) >= 11 is 0. The third kappa shape index (κ3) is 2.79. The molecule has 3 atom stereocenters. The average Bonchev–Trinajstić information content (AvgIpc) is 3.31. The minimum absolute atomic E-state index is 0.110. The van der Waals surface area contributed by atoms with E-state index in [1.807, 2.05) is 18.2 Å². The zero-order valence-corrected chi connectivity index (χ0v) is 13.3. The lowest BCUT2D eigenvalue weighted by Crippen LogP contribution is -2.42. The normalized spacial score (nSPS) is 25.7. The van der Waals surface area contributed by atoms with Crippen LogP contribution in [0, 0.1) is 0 Å². The van der Waals surface area contributed by atoms with Gasteiger partial charge in [0.05, 0.1) is 0 Å². The molecule has 0 unspecified atom stereocenters. The van der Waals surface area contributed by atoms with Crippen molar-refractivity contribution in [2.24, 2.45) is 0 Å². The van der Waals surface area contributed by atoms with Gasteiger partial charge < -0.3 is 15.1 Å². The highest BCUT2D eigenvalue weighted by Crippen LogP contribution is 2.29. The van der Waals surface area contributed by atoms with E-state index in [2.05, 4.69) is 29.7 Å². The van der Waals surface area contributed by atoms with Crippen molar-refractivity contribution < 1.29 is 9.21 Å². The standard InChI is InChI=1S/C19H22N2O2/c1-2-12-3-5-13(6-4-12)17-9-10-18(23-17)19(22)21-16-11-14-7-8-15(16)20-14/h3-6,9-10,14-16,20H,2,7-8,11H2,1H3,(H,21,22)/t14-,15+,16-/m1/s1. The lowest BCUT2D eigenvalue weighted by atomic mass is 9.95. The number of hydrogen-bond donors (Lipinski definition) is 2. The van der Waals surface area contributed by atoms with Crippen molar-refractivity contribution in [3.63, 3.8) is 0 Å². The molecule has 2 saturated heterocycles. The lowest BCUT2D eigenvalue weighted by molar-refractivity contribution is 0.0903. The molecule has 0 radical (unpaired) electrons. The molecule has 4 heteroatoms. The molecule has 2 N–H and O–H groups in total. The van der Waals surface area contributed by atoms with E-state index in [1.54, 1.807) is 6.07 Å². The molecule has 1 aromatic heterocycles. The first kappa shape index (κ1) is 14.5. The Kier molecular flexibility index (Phi) is 3.69. The molecule has 0 saturated carbocycles. The first-order chi connectivity index (χ1) is 11.2. The molecule has 1 aromatic carbocycles. The highest BCUT2D eigenvalue weighted by Gasteiger charge is 2.39. The van der Waals surface area contributed by atoms with Gasteiger partial charge in [0.1, 0.15) is 5.76 Å². The summed E-state index contributed by atoms with van der Waals surface area (Å²) < 4.78 is 5.76. The van der Waals surface area contributed by atoms with E-state index in [0.717, 1.165) is 30.6 Å². The van der Waals surface area contributed by atoms with E-state index in [4.69, 9.17) is 4.42 Å². The van der Waals surface area contributed by atoms with Crippen LogP contribution < -0.4 is 10.6 Å². The summed E-state index contributed by atoms with van der Waals surface area (Å²) in [5, 5.41) is 6.65. The largest absolute Gasteiger partial charge is 0.451 e. The van der Waals surface area contributed by atoms with Crippen LogP contribution in [0.2, 0.25) is 0 Å². The van der Waals surface area contributed by atoms with E-state index in [1.165, 1.54) is 12.0 Å². The molecule has 2 aromatic rings. The molecular weight excluding hydrogens is 288 g/mol. The predicted molar refractivity (Wildman–Crippen MR) is 89.3 cm³/mol. The van der Waals surface area contributed by atoms with Gasteiger partial charge in [-0.1, -0.05) is 31.2 Å². The summed E-state index contributed by atoms with van der Waals surface area (Å²) in [7, 11) is 0. The SMILES string of the molecule is CCc1ccc(-c2ccc(C(=O)N[C@@H]3C[C@H]4CC[C@@H]3N4)o2)cc1. The van der Waals surface area contributed by atoms with E-state index >= 15 is 0 Å². The van der Waals surface area contributed by atoms with E-state index in [-0.39, 0.29) is 11.9 Å². The monoisotopic (exact) mass is 310 g/mol. The number of hydrogen-bond acceptors (Lipinski definition) is 3. The summed E-state index contributed by atoms with van der Waals surface area (Å²) in [4.78, 5) is 12.4. The van der Waals surface area contributed by atoms with Crippen molar-refractivity contribution >= 4 is 5.91 Å². The fourth-order valence-corrected chi connectivity index (χ4v) is 3.74. The molecule has 2 bridgehead atoms. The lowest BCUT2D eigenvalue weighted by Gasteiger charge is -2.20. The van der Waals surface area contributed by atoms with Crippen LogP contribution in [0.15, 0.2) is 40.8 Å². The third-order valence-electron chi connectivity index (χ3n) is 5.09. The Labute approximate surface area is 136 Å². The van der Waals surface area contributed by atoms with Crippen molar-refractivity contribution in [3.8, 4) is 11.3 Å². The Balaban J connectivity index is 1.45. The second-order valence-corrected chi connectivity index (χ2v) is 6.58. The van der Waals surface area contributed by atoms with Gasteiger partial charge in [0.25, 0.3) is 5.91 Å². The van der Waals surface area contributed by atoms with Crippen molar-refractivity contribution in [1.29, 1.82) is 0 Å². The second kappa shape index (κ2) is 5.85. The second-order valence-electron chi connectivity index (χ2n) is 6.58. The van der Waals surface area contributed by atoms with Gasteiger partial charge in [-0.25, -0.2) is 0 Å². The van der Waals surface area contributed by atoms with Gasteiger partial charge in [-0.05, 0) is 43.4 Å². The van der Waals surface area contributed by atoms with Crippen molar-refractivity contribution in [2.45, 2.75) is 50.7 Å². The molecule has 1 amide bonds. The molecule has 0 spiro atoms. The van der Waals surface area contributed by atoms with Gasteiger partial charge in [-0.3, -0.25) is 4.79 Å². The average molecular weight is 310 g/mol. The summed E-state index contributed by atoms with van der Waals surface area (Å²) in [5.74, 6) is 1.02. The maximum Gasteiger partial charge on any atom is 0.287 e. The van der Waals surface area contributed by atoms with Gasteiger partial charge >= 0.3 is 0 Å². The van der Waals surface area contributed by atoms with Crippen molar-refractivity contribution in [2.75, 3.05) is 0 Å². The minimum atomic E-state index is -0.110. The van der Waals surface area contributed by atoms with Crippen LogP contribution in [0.4, 0.5) is 0 Å². The number of rotatable bonds is 4.